The molecule has 2 atom stereocenters. The van der Waals surface area contributed by atoms with Gasteiger partial charge in [-0.2, -0.15) is 0 Å². The Bertz CT molecular complexity index is 321. The third-order valence-corrected chi connectivity index (χ3v) is 2.19. The van der Waals surface area contributed by atoms with Crippen LogP contribution in [0.4, 0.5) is 9.59 Å². The van der Waals surface area contributed by atoms with E-state index in [2.05, 4.69) is 10.6 Å². The normalized spacial score (nSPS) is 22.4. The summed E-state index contributed by atoms with van der Waals surface area (Å²) in [5.41, 5.74) is -1.04. The number of ether oxygens (including phenoxy) is 2. The summed E-state index contributed by atoms with van der Waals surface area (Å²) < 4.78 is 10.3. The van der Waals surface area contributed by atoms with E-state index in [-0.39, 0.29) is 12.1 Å². The van der Waals surface area contributed by atoms with Gasteiger partial charge in [-0.1, -0.05) is 0 Å². The van der Waals surface area contributed by atoms with Crippen molar-refractivity contribution in [2.24, 2.45) is 0 Å². The molecule has 0 saturated heterocycles. The van der Waals surface area contributed by atoms with Crippen molar-refractivity contribution in [3.63, 3.8) is 0 Å². The topological polar surface area (TPSA) is 76.7 Å². The van der Waals surface area contributed by atoms with E-state index in [9.17, 15) is 9.59 Å². The highest BCUT2D eigenvalue weighted by Gasteiger charge is 2.41. The van der Waals surface area contributed by atoms with Crippen LogP contribution in [0.2, 0.25) is 0 Å². The van der Waals surface area contributed by atoms with Gasteiger partial charge in [0.2, 0.25) is 0 Å². The molecule has 1 rings (SSSR count). The first-order valence-electron chi connectivity index (χ1n) is 6.45. The monoisotopic (exact) mass is 272 g/mol. The molecule has 2 amide bonds. The zero-order valence-corrected chi connectivity index (χ0v) is 12.5. The van der Waals surface area contributed by atoms with E-state index in [4.69, 9.17) is 9.47 Å². The minimum absolute atomic E-state index is 0.0811. The number of carbonyl (C=O) groups excluding carboxylic acids is 2. The fourth-order valence-corrected chi connectivity index (χ4v) is 1.43. The fraction of sp³-hybridized carbons (Fsp3) is 0.846. The van der Waals surface area contributed by atoms with Crippen LogP contribution in [-0.2, 0) is 9.47 Å². The molecule has 110 valence electrons. The first-order chi connectivity index (χ1) is 8.46. The molecule has 0 bridgehead atoms. The second-order valence-corrected chi connectivity index (χ2v) is 6.74. The van der Waals surface area contributed by atoms with E-state index in [1.54, 1.807) is 41.5 Å². The fourth-order valence-electron chi connectivity index (χ4n) is 1.43. The molecule has 0 aliphatic heterocycles. The first-order valence-corrected chi connectivity index (χ1v) is 6.45. The zero-order valence-electron chi connectivity index (χ0n) is 12.5. The number of carbonyl (C=O) groups is 2. The van der Waals surface area contributed by atoms with Crippen molar-refractivity contribution >= 4 is 12.2 Å². The number of nitrogens with one attached hydrogen (secondary N) is 2. The predicted octanol–water partition coefficient (Wildman–Crippen LogP) is 2.18. The van der Waals surface area contributed by atoms with Gasteiger partial charge in [-0.25, -0.2) is 9.59 Å². The predicted molar refractivity (Wildman–Crippen MR) is 70.9 cm³/mol. The Hall–Kier alpha value is -1.46. The van der Waals surface area contributed by atoms with Gasteiger partial charge in [0, 0.05) is 0 Å². The molecule has 1 aliphatic carbocycles. The smallest absolute Gasteiger partial charge is 0.407 e. The van der Waals surface area contributed by atoms with Crippen molar-refractivity contribution in [2.45, 2.75) is 71.2 Å². The Morgan fingerprint density at radius 3 is 1.42 bits per heavy atom. The van der Waals surface area contributed by atoms with Crippen LogP contribution in [0.15, 0.2) is 0 Å². The highest BCUT2D eigenvalue weighted by molar-refractivity contribution is 5.71. The zero-order chi connectivity index (χ0) is 14.8. The van der Waals surface area contributed by atoms with Crippen LogP contribution in [0.25, 0.3) is 0 Å². The minimum atomic E-state index is -0.521. The average Bonchev–Trinajstić information content (AvgIpc) is 2.74. The molecule has 19 heavy (non-hydrogen) atoms. The maximum atomic E-state index is 11.5. The van der Waals surface area contributed by atoms with Crippen molar-refractivity contribution < 1.29 is 19.1 Å². The largest absolute Gasteiger partial charge is 0.444 e. The van der Waals surface area contributed by atoms with Crippen LogP contribution in [0, 0.1) is 0 Å². The summed E-state index contributed by atoms with van der Waals surface area (Å²) in [5, 5.41) is 5.39. The average molecular weight is 272 g/mol. The lowest BCUT2D eigenvalue weighted by Gasteiger charge is -2.20. The van der Waals surface area contributed by atoms with Crippen molar-refractivity contribution in [3.8, 4) is 0 Å². The lowest BCUT2D eigenvalue weighted by atomic mass is 10.2. The molecule has 0 spiro atoms. The summed E-state index contributed by atoms with van der Waals surface area (Å²) in [4.78, 5) is 23.0. The molecular formula is C13H24N2O4. The van der Waals surface area contributed by atoms with Crippen LogP contribution in [-0.4, -0.2) is 35.5 Å². The summed E-state index contributed by atoms with van der Waals surface area (Å²) in [6.45, 7) is 10.8. The van der Waals surface area contributed by atoms with Gasteiger partial charge in [0.15, 0.2) is 0 Å². The third-order valence-electron chi connectivity index (χ3n) is 2.19. The Kier molecular flexibility index (Phi) is 4.32. The Balaban J connectivity index is 2.25. The van der Waals surface area contributed by atoms with Crippen LogP contribution in [0.5, 0.6) is 0 Å². The van der Waals surface area contributed by atoms with Crippen LogP contribution < -0.4 is 10.6 Å². The van der Waals surface area contributed by atoms with E-state index >= 15 is 0 Å². The van der Waals surface area contributed by atoms with E-state index in [0.717, 1.165) is 0 Å². The maximum Gasteiger partial charge on any atom is 0.407 e. The summed E-state index contributed by atoms with van der Waals surface area (Å²) in [6, 6.07) is -0.162. The number of alkyl carbamates (subject to hydrolysis) is 2. The van der Waals surface area contributed by atoms with Crippen molar-refractivity contribution in [1.82, 2.24) is 10.6 Å². The van der Waals surface area contributed by atoms with Gasteiger partial charge in [-0.15, -0.1) is 0 Å². The summed E-state index contributed by atoms with van der Waals surface area (Å²) in [7, 11) is 0. The maximum absolute atomic E-state index is 11.5. The Labute approximate surface area is 114 Å². The number of hydrogen-bond donors (Lipinski definition) is 2. The van der Waals surface area contributed by atoms with E-state index < -0.39 is 23.4 Å². The van der Waals surface area contributed by atoms with Gasteiger partial charge in [-0.3, -0.25) is 0 Å². The van der Waals surface area contributed by atoms with Crippen molar-refractivity contribution in [3.05, 3.63) is 0 Å². The number of hydrogen-bond acceptors (Lipinski definition) is 4. The molecular weight excluding hydrogens is 248 g/mol. The Morgan fingerprint density at radius 1 is 0.842 bits per heavy atom. The first kappa shape index (κ1) is 15.6. The molecule has 1 aliphatic rings. The van der Waals surface area contributed by atoms with Gasteiger partial charge in [0.1, 0.15) is 11.2 Å². The number of rotatable bonds is 2. The molecule has 0 radical (unpaired) electrons. The van der Waals surface area contributed by atoms with Crippen LogP contribution >= 0.6 is 0 Å². The second kappa shape index (κ2) is 5.27. The molecule has 1 saturated carbocycles. The van der Waals surface area contributed by atoms with Gasteiger partial charge < -0.3 is 20.1 Å². The molecule has 1 fully saturated rings. The molecule has 0 heterocycles. The summed E-state index contributed by atoms with van der Waals surface area (Å²) >= 11 is 0. The SMILES string of the molecule is CC(C)(C)OC(=O)N[C@H]1C[C@@H]1NC(=O)OC(C)(C)C. The molecule has 2 N–H and O–H groups in total. The quantitative estimate of drug-likeness (QED) is 0.807. The third kappa shape index (κ3) is 6.88. The molecule has 0 aromatic rings. The molecule has 6 heteroatoms. The van der Waals surface area contributed by atoms with E-state index in [1.807, 2.05) is 0 Å². The molecule has 6 nitrogen and oxygen atoms in total. The summed E-state index contributed by atoms with van der Waals surface area (Å²) in [5.74, 6) is 0. The molecule has 0 unspecified atom stereocenters. The molecule has 0 aromatic heterocycles. The summed E-state index contributed by atoms with van der Waals surface area (Å²) in [6.07, 6.45) is -0.240. The van der Waals surface area contributed by atoms with Crippen molar-refractivity contribution in [2.75, 3.05) is 0 Å². The highest BCUT2D eigenvalue weighted by Crippen LogP contribution is 2.22. The van der Waals surface area contributed by atoms with E-state index in [1.165, 1.54) is 0 Å². The second-order valence-electron chi connectivity index (χ2n) is 6.74. The molecule has 0 aromatic carbocycles. The minimum Gasteiger partial charge on any atom is -0.444 e. The number of amides is 2. The lowest BCUT2D eigenvalue weighted by Crippen LogP contribution is -2.39. The van der Waals surface area contributed by atoms with E-state index in [0.29, 0.717) is 6.42 Å². The van der Waals surface area contributed by atoms with Gasteiger partial charge in [0.25, 0.3) is 0 Å². The standard InChI is InChI=1S/C13H24N2O4/c1-12(2,3)18-10(16)14-8-7-9(8)15-11(17)19-13(4,5)6/h8-9H,7H2,1-6H3,(H,14,16)(H,15,17)/t8-,9-/m0/s1. The Morgan fingerprint density at radius 2 is 1.16 bits per heavy atom. The van der Waals surface area contributed by atoms with Crippen molar-refractivity contribution in [1.29, 1.82) is 0 Å². The van der Waals surface area contributed by atoms with Gasteiger partial charge in [-0.05, 0) is 48.0 Å². The lowest BCUT2D eigenvalue weighted by molar-refractivity contribution is 0.0488. The van der Waals surface area contributed by atoms with Crippen LogP contribution in [0.1, 0.15) is 48.0 Å². The van der Waals surface area contributed by atoms with Gasteiger partial charge in [0.05, 0.1) is 12.1 Å². The van der Waals surface area contributed by atoms with Gasteiger partial charge >= 0.3 is 12.2 Å². The van der Waals surface area contributed by atoms with Crippen LogP contribution in [0.3, 0.4) is 0 Å². The highest BCUT2D eigenvalue weighted by atomic mass is 16.6.